The number of rotatable bonds is 6. The molecule has 24 heavy (non-hydrogen) atoms. The predicted molar refractivity (Wildman–Crippen MR) is 86.8 cm³/mol. The molecule has 6 aliphatic heterocycles. The molecule has 6 nitrogen and oxygen atoms in total. The van der Waals surface area contributed by atoms with Gasteiger partial charge in [0.05, 0.1) is 26.2 Å². The third kappa shape index (κ3) is 2.72. The topological polar surface area (TPSA) is 64.6 Å². The van der Waals surface area contributed by atoms with Crippen LogP contribution in [-0.4, -0.2) is 74.8 Å². The molecule has 6 heterocycles. The summed E-state index contributed by atoms with van der Waals surface area (Å²) in [7, 11) is 0. The Morgan fingerprint density at radius 1 is 1.08 bits per heavy atom. The molecule has 6 rings (SSSR count). The maximum absolute atomic E-state index is 12.6. The fraction of sp³-hybridized carbons (Fsp3) is 0.944. The van der Waals surface area contributed by atoms with Crippen molar-refractivity contribution in [3.8, 4) is 0 Å². The van der Waals surface area contributed by atoms with Gasteiger partial charge in [0.15, 0.2) is 17.9 Å². The minimum absolute atomic E-state index is 0.0224. The van der Waals surface area contributed by atoms with E-state index < -0.39 is 5.79 Å². The number of carbonyl (C=O) groups excluding carboxylic acids is 1. The van der Waals surface area contributed by atoms with Crippen LogP contribution < -0.4 is 9.80 Å². The summed E-state index contributed by atoms with van der Waals surface area (Å²) in [5.74, 6) is -0.344. The van der Waals surface area contributed by atoms with Crippen molar-refractivity contribution in [3.63, 3.8) is 0 Å². The Bertz CT molecular complexity index is 472. The maximum atomic E-state index is 12.6. The number of hydrogen-bond donors (Lipinski definition) is 3. The molecule has 0 aromatic rings. The van der Waals surface area contributed by atoms with E-state index in [9.17, 15) is 9.90 Å². The summed E-state index contributed by atoms with van der Waals surface area (Å²) in [4.78, 5) is 15.3. The fourth-order valence-corrected chi connectivity index (χ4v) is 5.54. The summed E-state index contributed by atoms with van der Waals surface area (Å²) in [5, 5.41) is 11.4. The van der Waals surface area contributed by atoms with Gasteiger partial charge in [-0.2, -0.15) is 0 Å². The molecular weight excluding hydrogens is 308 g/mol. The van der Waals surface area contributed by atoms with Crippen molar-refractivity contribution in [1.82, 2.24) is 0 Å². The van der Waals surface area contributed by atoms with E-state index in [-0.39, 0.29) is 23.9 Å². The van der Waals surface area contributed by atoms with Gasteiger partial charge in [-0.1, -0.05) is 0 Å². The molecule has 6 saturated heterocycles. The molecular formula is C18H32N2O4+2. The molecule has 0 saturated carbocycles. The van der Waals surface area contributed by atoms with E-state index in [1.54, 1.807) is 0 Å². The van der Waals surface area contributed by atoms with Crippen molar-refractivity contribution >= 4 is 5.78 Å². The third-order valence-corrected chi connectivity index (χ3v) is 7.04. The quantitative estimate of drug-likeness (QED) is 0.474. The lowest BCUT2D eigenvalue weighted by molar-refractivity contribution is -0.959. The van der Waals surface area contributed by atoms with Gasteiger partial charge in [0, 0.05) is 44.1 Å². The molecule has 3 unspecified atom stereocenters. The highest BCUT2D eigenvalue weighted by atomic mass is 16.6. The first-order valence-corrected chi connectivity index (χ1v) is 9.80. The first-order chi connectivity index (χ1) is 11.6. The summed E-state index contributed by atoms with van der Waals surface area (Å²) in [6, 6.07) is -0.0921. The van der Waals surface area contributed by atoms with Crippen molar-refractivity contribution in [2.45, 2.75) is 50.5 Å². The standard InChI is InChI=1S/C18H30N2O4/c1-2-23-12-16-18(22,14-5-9-20(16)10-6-14)24-11-15-17(21)13-3-7-19(15)8-4-13/h13-16,22H,2-12H2,1H3/p+2. The SMILES string of the molecule is CCOCC1[NH+]2CCC(CC2)C1(O)OCC1C(=O)C2CC[NH+]1CC2. The second-order valence-corrected chi connectivity index (χ2v) is 8.09. The second-order valence-electron chi connectivity index (χ2n) is 8.09. The molecule has 0 radical (unpaired) electrons. The number of piperidine rings is 6. The molecule has 3 atom stereocenters. The Morgan fingerprint density at radius 3 is 2.38 bits per heavy atom. The van der Waals surface area contributed by atoms with Crippen molar-refractivity contribution in [2.24, 2.45) is 11.8 Å². The summed E-state index contributed by atoms with van der Waals surface area (Å²) >= 11 is 0. The Morgan fingerprint density at radius 2 is 1.75 bits per heavy atom. The predicted octanol–water partition coefficient (Wildman–Crippen LogP) is -2.35. The number of fused-ring (bicyclic) bond motifs is 6. The molecule has 6 heteroatoms. The van der Waals surface area contributed by atoms with Crippen LogP contribution in [0.15, 0.2) is 0 Å². The highest BCUT2D eigenvalue weighted by molar-refractivity contribution is 5.86. The Kier molecular flexibility index (Phi) is 4.69. The lowest BCUT2D eigenvalue weighted by Gasteiger charge is -2.52. The van der Waals surface area contributed by atoms with Crippen molar-refractivity contribution in [2.75, 3.05) is 46.0 Å². The largest absolute Gasteiger partial charge is 0.375 e. The molecule has 0 spiro atoms. The Balaban J connectivity index is 1.46. The van der Waals surface area contributed by atoms with Gasteiger partial charge in [-0.15, -0.1) is 0 Å². The van der Waals surface area contributed by atoms with Gasteiger partial charge < -0.3 is 24.4 Å². The van der Waals surface area contributed by atoms with Crippen molar-refractivity contribution in [1.29, 1.82) is 0 Å². The molecule has 3 N–H and O–H groups in total. The zero-order valence-electron chi connectivity index (χ0n) is 14.8. The van der Waals surface area contributed by atoms with E-state index in [1.807, 2.05) is 6.92 Å². The Labute approximate surface area is 144 Å². The van der Waals surface area contributed by atoms with Crippen LogP contribution in [0.5, 0.6) is 0 Å². The minimum atomic E-state index is -1.13. The number of hydrogen-bond acceptors (Lipinski definition) is 4. The highest BCUT2D eigenvalue weighted by Gasteiger charge is 2.58. The molecule has 0 aliphatic carbocycles. The van der Waals surface area contributed by atoms with Crippen LogP contribution in [0.3, 0.4) is 0 Å². The summed E-state index contributed by atoms with van der Waals surface area (Å²) in [5.41, 5.74) is 0. The zero-order valence-corrected chi connectivity index (χ0v) is 14.8. The zero-order chi connectivity index (χ0) is 16.7. The van der Waals surface area contributed by atoms with E-state index in [4.69, 9.17) is 9.47 Å². The van der Waals surface area contributed by atoms with E-state index in [1.165, 1.54) is 9.80 Å². The Hall–Kier alpha value is -0.530. The van der Waals surface area contributed by atoms with Crippen molar-refractivity contribution < 1.29 is 29.2 Å². The van der Waals surface area contributed by atoms with E-state index in [2.05, 4.69) is 0 Å². The third-order valence-electron chi connectivity index (χ3n) is 7.04. The maximum Gasteiger partial charge on any atom is 0.225 e. The van der Waals surface area contributed by atoms with Crippen molar-refractivity contribution in [3.05, 3.63) is 0 Å². The normalized spacial score (nSPS) is 47.3. The average molecular weight is 340 g/mol. The second kappa shape index (κ2) is 6.65. The summed E-state index contributed by atoms with van der Waals surface area (Å²) in [6.45, 7) is 7.89. The number of nitrogens with one attached hydrogen (secondary N) is 2. The van der Waals surface area contributed by atoms with Gasteiger partial charge in [-0.3, -0.25) is 4.79 Å². The lowest BCUT2D eigenvalue weighted by Crippen LogP contribution is -3.22. The number of ether oxygens (including phenoxy) is 2. The minimum Gasteiger partial charge on any atom is -0.375 e. The van der Waals surface area contributed by atoms with Gasteiger partial charge in [-0.05, 0) is 6.92 Å². The molecule has 0 amide bonds. The van der Waals surface area contributed by atoms with Crippen LogP contribution in [0.2, 0.25) is 0 Å². The van der Waals surface area contributed by atoms with Crippen LogP contribution in [-0.2, 0) is 14.3 Å². The number of ketones is 1. The van der Waals surface area contributed by atoms with Crippen LogP contribution >= 0.6 is 0 Å². The van der Waals surface area contributed by atoms with E-state index in [0.717, 1.165) is 51.9 Å². The van der Waals surface area contributed by atoms with Crippen LogP contribution in [0.4, 0.5) is 0 Å². The smallest absolute Gasteiger partial charge is 0.225 e. The van der Waals surface area contributed by atoms with Crippen LogP contribution in [0, 0.1) is 11.8 Å². The average Bonchev–Trinajstić information content (AvgIpc) is 2.62. The lowest BCUT2D eigenvalue weighted by atomic mass is 9.77. The molecule has 4 bridgehead atoms. The first-order valence-electron chi connectivity index (χ1n) is 9.80. The fourth-order valence-electron chi connectivity index (χ4n) is 5.54. The number of quaternary nitrogens is 2. The number of Topliss-reactive ketones (excluding diaryl/α,β-unsaturated/α-hetero) is 1. The molecule has 6 aliphatic rings. The number of carbonyl (C=O) groups is 1. The van der Waals surface area contributed by atoms with Crippen LogP contribution in [0.25, 0.3) is 0 Å². The van der Waals surface area contributed by atoms with Gasteiger partial charge in [0.25, 0.3) is 0 Å². The van der Waals surface area contributed by atoms with E-state index >= 15 is 0 Å². The van der Waals surface area contributed by atoms with Gasteiger partial charge >= 0.3 is 0 Å². The summed E-state index contributed by atoms with van der Waals surface area (Å²) < 4.78 is 11.8. The molecule has 6 fully saturated rings. The van der Waals surface area contributed by atoms with E-state index in [0.29, 0.717) is 25.6 Å². The number of aliphatic hydroxyl groups is 1. The summed E-state index contributed by atoms with van der Waals surface area (Å²) in [6.07, 6.45) is 4.07. The monoisotopic (exact) mass is 340 g/mol. The molecule has 136 valence electrons. The van der Waals surface area contributed by atoms with Gasteiger partial charge in [0.1, 0.15) is 13.2 Å². The van der Waals surface area contributed by atoms with Crippen LogP contribution in [0.1, 0.15) is 32.6 Å². The molecule has 0 aromatic carbocycles. The molecule has 0 aromatic heterocycles. The van der Waals surface area contributed by atoms with Gasteiger partial charge in [0.2, 0.25) is 5.79 Å². The highest BCUT2D eigenvalue weighted by Crippen LogP contribution is 2.34. The first kappa shape index (κ1) is 16.9. The van der Waals surface area contributed by atoms with Gasteiger partial charge in [-0.25, -0.2) is 0 Å².